The molecule has 1 aromatic carbocycles. The SMILES string of the molecule is CNCc1noc(-c2ccccc2)c1C(C)C. The average Bonchev–Trinajstić information content (AvgIpc) is 2.74. The van der Waals surface area contributed by atoms with E-state index in [1.807, 2.05) is 25.2 Å². The van der Waals surface area contributed by atoms with Crippen LogP contribution in [0.5, 0.6) is 0 Å². The molecule has 0 atom stereocenters. The average molecular weight is 230 g/mol. The van der Waals surface area contributed by atoms with Gasteiger partial charge in [0.2, 0.25) is 0 Å². The van der Waals surface area contributed by atoms with Crippen LogP contribution in [0.2, 0.25) is 0 Å². The first-order chi connectivity index (χ1) is 8.24. The van der Waals surface area contributed by atoms with Crippen LogP contribution in [0.1, 0.15) is 31.0 Å². The van der Waals surface area contributed by atoms with Crippen molar-refractivity contribution >= 4 is 0 Å². The van der Waals surface area contributed by atoms with E-state index in [1.165, 1.54) is 5.56 Å². The highest BCUT2D eigenvalue weighted by atomic mass is 16.5. The van der Waals surface area contributed by atoms with E-state index >= 15 is 0 Å². The van der Waals surface area contributed by atoms with E-state index in [4.69, 9.17) is 4.52 Å². The minimum atomic E-state index is 0.403. The van der Waals surface area contributed by atoms with Gasteiger partial charge in [-0.25, -0.2) is 0 Å². The van der Waals surface area contributed by atoms with Crippen molar-refractivity contribution in [1.29, 1.82) is 0 Å². The standard InChI is InChI=1S/C14H18N2O/c1-10(2)13-12(9-15-3)16-17-14(13)11-7-5-4-6-8-11/h4-8,10,15H,9H2,1-3H3. The summed E-state index contributed by atoms with van der Waals surface area (Å²) in [4.78, 5) is 0. The van der Waals surface area contributed by atoms with E-state index in [1.54, 1.807) is 0 Å². The number of aromatic nitrogens is 1. The zero-order valence-electron chi connectivity index (χ0n) is 10.5. The third kappa shape index (κ3) is 2.39. The van der Waals surface area contributed by atoms with Gasteiger partial charge in [0.25, 0.3) is 0 Å². The van der Waals surface area contributed by atoms with E-state index in [0.29, 0.717) is 5.92 Å². The molecule has 0 saturated heterocycles. The second-order valence-electron chi connectivity index (χ2n) is 4.42. The highest BCUT2D eigenvalue weighted by Crippen LogP contribution is 2.31. The monoisotopic (exact) mass is 230 g/mol. The fourth-order valence-corrected chi connectivity index (χ4v) is 2.02. The van der Waals surface area contributed by atoms with Crippen LogP contribution in [0.15, 0.2) is 34.9 Å². The van der Waals surface area contributed by atoms with Crippen LogP contribution < -0.4 is 5.32 Å². The van der Waals surface area contributed by atoms with Crippen molar-refractivity contribution in [2.75, 3.05) is 7.05 Å². The molecule has 0 radical (unpaired) electrons. The number of rotatable bonds is 4. The lowest BCUT2D eigenvalue weighted by molar-refractivity contribution is 0.421. The molecule has 3 heteroatoms. The fraction of sp³-hybridized carbons (Fsp3) is 0.357. The summed E-state index contributed by atoms with van der Waals surface area (Å²) in [6.07, 6.45) is 0. The Morgan fingerprint density at radius 1 is 1.24 bits per heavy atom. The number of nitrogens with one attached hydrogen (secondary N) is 1. The molecule has 1 heterocycles. The van der Waals surface area contributed by atoms with Crippen molar-refractivity contribution in [3.05, 3.63) is 41.6 Å². The normalized spacial score (nSPS) is 11.1. The topological polar surface area (TPSA) is 38.1 Å². The van der Waals surface area contributed by atoms with Crippen LogP contribution in [0.4, 0.5) is 0 Å². The van der Waals surface area contributed by atoms with Crippen molar-refractivity contribution in [2.45, 2.75) is 26.3 Å². The first-order valence-electron chi connectivity index (χ1n) is 5.92. The summed E-state index contributed by atoms with van der Waals surface area (Å²) in [5.41, 5.74) is 3.29. The predicted octanol–water partition coefficient (Wildman–Crippen LogP) is 3.18. The number of hydrogen-bond acceptors (Lipinski definition) is 3. The van der Waals surface area contributed by atoms with Gasteiger partial charge in [-0.1, -0.05) is 49.3 Å². The van der Waals surface area contributed by atoms with Gasteiger partial charge in [-0.3, -0.25) is 0 Å². The van der Waals surface area contributed by atoms with E-state index in [9.17, 15) is 0 Å². The quantitative estimate of drug-likeness (QED) is 0.876. The number of nitrogens with zero attached hydrogens (tertiary/aromatic N) is 1. The Morgan fingerprint density at radius 3 is 2.53 bits per heavy atom. The fourth-order valence-electron chi connectivity index (χ4n) is 2.02. The van der Waals surface area contributed by atoms with E-state index in [2.05, 4.69) is 36.5 Å². The third-order valence-corrected chi connectivity index (χ3v) is 2.76. The molecule has 0 saturated carbocycles. The van der Waals surface area contributed by atoms with Gasteiger partial charge in [0, 0.05) is 17.7 Å². The van der Waals surface area contributed by atoms with Crippen molar-refractivity contribution < 1.29 is 4.52 Å². The van der Waals surface area contributed by atoms with Gasteiger partial charge >= 0.3 is 0 Å². The first kappa shape index (κ1) is 11.9. The van der Waals surface area contributed by atoms with Crippen LogP contribution in [0, 0.1) is 0 Å². The van der Waals surface area contributed by atoms with E-state index in [0.717, 1.165) is 23.6 Å². The molecule has 0 amide bonds. The van der Waals surface area contributed by atoms with E-state index < -0.39 is 0 Å². The summed E-state index contributed by atoms with van der Waals surface area (Å²) in [5, 5.41) is 7.29. The minimum Gasteiger partial charge on any atom is -0.356 e. The van der Waals surface area contributed by atoms with Crippen molar-refractivity contribution in [1.82, 2.24) is 10.5 Å². The van der Waals surface area contributed by atoms with Gasteiger partial charge in [0.1, 0.15) is 5.69 Å². The highest BCUT2D eigenvalue weighted by Gasteiger charge is 2.19. The molecule has 2 rings (SSSR count). The summed E-state index contributed by atoms with van der Waals surface area (Å²) in [5.74, 6) is 1.30. The van der Waals surface area contributed by atoms with Crippen LogP contribution in [-0.4, -0.2) is 12.2 Å². The molecule has 1 aromatic heterocycles. The maximum Gasteiger partial charge on any atom is 0.170 e. The smallest absolute Gasteiger partial charge is 0.170 e. The Morgan fingerprint density at radius 2 is 1.94 bits per heavy atom. The maximum absolute atomic E-state index is 5.51. The summed E-state index contributed by atoms with van der Waals surface area (Å²) < 4.78 is 5.51. The summed E-state index contributed by atoms with van der Waals surface area (Å²) in [6, 6.07) is 10.1. The zero-order valence-corrected chi connectivity index (χ0v) is 10.5. The Labute approximate surface area is 102 Å². The Kier molecular flexibility index (Phi) is 3.59. The second kappa shape index (κ2) is 5.15. The molecule has 0 fully saturated rings. The van der Waals surface area contributed by atoms with Crippen molar-refractivity contribution in [3.8, 4) is 11.3 Å². The molecule has 0 unspecified atom stereocenters. The van der Waals surface area contributed by atoms with Crippen molar-refractivity contribution in [2.24, 2.45) is 0 Å². The lowest BCUT2D eigenvalue weighted by Gasteiger charge is -2.07. The van der Waals surface area contributed by atoms with E-state index in [-0.39, 0.29) is 0 Å². The number of benzene rings is 1. The summed E-state index contributed by atoms with van der Waals surface area (Å²) in [7, 11) is 1.92. The lowest BCUT2D eigenvalue weighted by atomic mass is 9.97. The second-order valence-corrected chi connectivity index (χ2v) is 4.42. The molecule has 3 nitrogen and oxygen atoms in total. The molecule has 0 aliphatic heterocycles. The highest BCUT2D eigenvalue weighted by molar-refractivity contribution is 5.62. The lowest BCUT2D eigenvalue weighted by Crippen LogP contribution is -2.08. The van der Waals surface area contributed by atoms with Gasteiger partial charge in [-0.05, 0) is 13.0 Å². The molecule has 2 aromatic rings. The van der Waals surface area contributed by atoms with Crippen LogP contribution in [0.25, 0.3) is 11.3 Å². The minimum absolute atomic E-state index is 0.403. The van der Waals surface area contributed by atoms with Crippen LogP contribution >= 0.6 is 0 Å². The molecular formula is C14H18N2O. The number of hydrogen-bond donors (Lipinski definition) is 1. The first-order valence-corrected chi connectivity index (χ1v) is 5.92. The maximum atomic E-state index is 5.51. The largest absolute Gasteiger partial charge is 0.356 e. The molecule has 0 aliphatic carbocycles. The van der Waals surface area contributed by atoms with Gasteiger partial charge in [0.05, 0.1) is 0 Å². The summed E-state index contributed by atoms with van der Waals surface area (Å²) in [6.45, 7) is 5.07. The van der Waals surface area contributed by atoms with Gasteiger partial charge in [-0.2, -0.15) is 0 Å². The van der Waals surface area contributed by atoms with Crippen molar-refractivity contribution in [3.63, 3.8) is 0 Å². The molecule has 1 N–H and O–H groups in total. The zero-order chi connectivity index (χ0) is 12.3. The molecule has 0 aliphatic rings. The molecule has 90 valence electrons. The Balaban J connectivity index is 2.48. The molecule has 0 bridgehead atoms. The molecule has 0 spiro atoms. The third-order valence-electron chi connectivity index (χ3n) is 2.76. The molecular weight excluding hydrogens is 212 g/mol. The summed E-state index contributed by atoms with van der Waals surface area (Å²) >= 11 is 0. The van der Waals surface area contributed by atoms with Gasteiger partial charge in [0.15, 0.2) is 5.76 Å². The van der Waals surface area contributed by atoms with Gasteiger partial charge in [-0.15, -0.1) is 0 Å². The van der Waals surface area contributed by atoms with Crippen LogP contribution in [-0.2, 0) is 6.54 Å². The Bertz CT molecular complexity index is 474. The predicted molar refractivity (Wildman–Crippen MR) is 68.8 cm³/mol. The van der Waals surface area contributed by atoms with Crippen LogP contribution in [0.3, 0.4) is 0 Å². The van der Waals surface area contributed by atoms with Gasteiger partial charge < -0.3 is 9.84 Å². The Hall–Kier alpha value is -1.61. The molecule has 17 heavy (non-hydrogen) atoms.